The molecule has 0 unspecified atom stereocenters. The van der Waals surface area contributed by atoms with Gasteiger partial charge in [-0.25, -0.2) is 9.97 Å². The molecule has 3 heteroatoms. The molecule has 0 amide bonds. The summed E-state index contributed by atoms with van der Waals surface area (Å²) in [5, 5.41) is 0. The Balaban J connectivity index is 2.04. The topological polar surface area (TPSA) is 51.8 Å². The summed E-state index contributed by atoms with van der Waals surface area (Å²) in [5.41, 5.74) is 9.12. The van der Waals surface area contributed by atoms with E-state index in [9.17, 15) is 0 Å². The zero-order valence-electron chi connectivity index (χ0n) is 9.85. The molecule has 0 bridgehead atoms. The van der Waals surface area contributed by atoms with Crippen LogP contribution in [0.25, 0.3) is 11.4 Å². The van der Waals surface area contributed by atoms with Gasteiger partial charge in [-0.2, -0.15) is 0 Å². The lowest BCUT2D eigenvalue weighted by Crippen LogP contribution is -1.97. The van der Waals surface area contributed by atoms with Crippen molar-refractivity contribution in [2.75, 3.05) is 5.73 Å². The first kappa shape index (κ1) is 10.3. The zero-order chi connectivity index (χ0) is 11.8. The summed E-state index contributed by atoms with van der Waals surface area (Å²) in [5.74, 6) is 2.01. The molecule has 1 heterocycles. The molecule has 1 aromatic heterocycles. The lowest BCUT2D eigenvalue weighted by molar-refractivity contribution is 1.10. The maximum atomic E-state index is 5.76. The van der Waals surface area contributed by atoms with Crippen LogP contribution < -0.4 is 5.73 Å². The van der Waals surface area contributed by atoms with Gasteiger partial charge in [0.15, 0.2) is 5.82 Å². The molecule has 1 aromatic carbocycles. The minimum absolute atomic E-state index is 0.532. The lowest BCUT2D eigenvalue weighted by Gasteiger charge is -2.05. The molecule has 1 fully saturated rings. The molecule has 17 heavy (non-hydrogen) atoms. The van der Waals surface area contributed by atoms with Gasteiger partial charge < -0.3 is 5.73 Å². The molecule has 1 aliphatic rings. The largest absolute Gasteiger partial charge is 0.384 e. The van der Waals surface area contributed by atoms with E-state index >= 15 is 0 Å². The number of aromatic nitrogens is 2. The van der Waals surface area contributed by atoms with Crippen LogP contribution in [0.2, 0.25) is 0 Å². The smallest absolute Gasteiger partial charge is 0.161 e. The Bertz CT molecular complexity index is 539. The second-order valence-electron chi connectivity index (χ2n) is 4.66. The van der Waals surface area contributed by atoms with Crippen molar-refractivity contribution in [2.24, 2.45) is 0 Å². The number of rotatable bonds is 2. The molecule has 0 atom stereocenters. The van der Waals surface area contributed by atoms with Gasteiger partial charge in [-0.3, -0.25) is 0 Å². The third-order valence-corrected chi connectivity index (χ3v) is 3.07. The van der Waals surface area contributed by atoms with Crippen molar-refractivity contribution in [3.63, 3.8) is 0 Å². The van der Waals surface area contributed by atoms with Gasteiger partial charge in [-0.05, 0) is 37.3 Å². The van der Waals surface area contributed by atoms with Crippen LogP contribution >= 0.6 is 0 Å². The average Bonchev–Trinajstić information content (AvgIpc) is 3.12. The van der Waals surface area contributed by atoms with Gasteiger partial charge in [0, 0.05) is 17.3 Å². The quantitative estimate of drug-likeness (QED) is 0.855. The standard InChI is InChI=1S/C14H15N3/c1-9-7-13(15)17-14(16-9)12-4-2-3-11(8-12)10-5-6-10/h2-4,7-8,10H,5-6H2,1H3,(H2,15,16,17). The van der Waals surface area contributed by atoms with Gasteiger partial charge in [0.2, 0.25) is 0 Å². The third-order valence-electron chi connectivity index (χ3n) is 3.07. The van der Waals surface area contributed by atoms with Gasteiger partial charge >= 0.3 is 0 Å². The molecule has 1 saturated carbocycles. The molecule has 0 spiro atoms. The summed E-state index contributed by atoms with van der Waals surface area (Å²) in [6.45, 7) is 1.94. The highest BCUT2D eigenvalue weighted by molar-refractivity contribution is 5.58. The summed E-state index contributed by atoms with van der Waals surface area (Å²) in [7, 11) is 0. The lowest BCUT2D eigenvalue weighted by atomic mass is 10.1. The fourth-order valence-electron chi connectivity index (χ4n) is 2.07. The molecule has 2 aromatic rings. The molecule has 3 nitrogen and oxygen atoms in total. The number of nitrogens with zero attached hydrogens (tertiary/aromatic N) is 2. The predicted molar refractivity (Wildman–Crippen MR) is 68.6 cm³/mol. The normalized spacial score (nSPS) is 14.9. The SMILES string of the molecule is Cc1cc(N)nc(-c2cccc(C3CC3)c2)n1. The van der Waals surface area contributed by atoms with Gasteiger partial charge in [0.25, 0.3) is 0 Å². The third kappa shape index (κ3) is 2.13. The van der Waals surface area contributed by atoms with Crippen molar-refractivity contribution in [2.45, 2.75) is 25.7 Å². The first-order chi connectivity index (χ1) is 8.22. The van der Waals surface area contributed by atoms with Gasteiger partial charge in [-0.15, -0.1) is 0 Å². The highest BCUT2D eigenvalue weighted by atomic mass is 14.9. The predicted octanol–water partition coefficient (Wildman–Crippen LogP) is 2.91. The maximum Gasteiger partial charge on any atom is 0.161 e. The summed E-state index contributed by atoms with van der Waals surface area (Å²) >= 11 is 0. The van der Waals surface area contributed by atoms with Crippen LogP contribution in [0.3, 0.4) is 0 Å². The molecule has 0 aliphatic heterocycles. The minimum Gasteiger partial charge on any atom is -0.384 e. The van der Waals surface area contributed by atoms with Gasteiger partial charge in [0.1, 0.15) is 5.82 Å². The van der Waals surface area contributed by atoms with Crippen LogP contribution in [0.4, 0.5) is 5.82 Å². The van der Waals surface area contributed by atoms with Gasteiger partial charge in [0.05, 0.1) is 0 Å². The summed E-state index contributed by atoms with van der Waals surface area (Å²) in [4.78, 5) is 8.73. The summed E-state index contributed by atoms with van der Waals surface area (Å²) in [6, 6.07) is 10.3. The van der Waals surface area contributed by atoms with Gasteiger partial charge in [-0.1, -0.05) is 18.2 Å². The van der Waals surface area contributed by atoms with E-state index in [4.69, 9.17) is 5.73 Å². The van der Waals surface area contributed by atoms with Crippen molar-refractivity contribution in [1.82, 2.24) is 9.97 Å². The summed E-state index contributed by atoms with van der Waals surface area (Å²) < 4.78 is 0. The molecule has 2 N–H and O–H groups in total. The molecule has 0 radical (unpaired) electrons. The van der Waals surface area contributed by atoms with Crippen molar-refractivity contribution in [1.29, 1.82) is 0 Å². The van der Waals surface area contributed by atoms with Crippen LogP contribution in [-0.2, 0) is 0 Å². The maximum absolute atomic E-state index is 5.76. The molecule has 86 valence electrons. The summed E-state index contributed by atoms with van der Waals surface area (Å²) in [6.07, 6.45) is 2.61. The fraction of sp³-hybridized carbons (Fsp3) is 0.286. The number of nitrogens with two attached hydrogens (primary N) is 1. The second-order valence-corrected chi connectivity index (χ2v) is 4.66. The molecule has 1 aliphatic carbocycles. The van der Waals surface area contributed by atoms with E-state index < -0.39 is 0 Å². The van der Waals surface area contributed by atoms with E-state index in [2.05, 4.69) is 28.2 Å². The molecular weight excluding hydrogens is 210 g/mol. The minimum atomic E-state index is 0.532. The Morgan fingerprint density at radius 1 is 1.18 bits per heavy atom. The Kier molecular flexibility index (Phi) is 2.32. The number of hydrogen-bond acceptors (Lipinski definition) is 3. The average molecular weight is 225 g/mol. The van der Waals surface area contributed by atoms with Crippen molar-refractivity contribution in [3.05, 3.63) is 41.6 Å². The van der Waals surface area contributed by atoms with Crippen LogP contribution in [0.5, 0.6) is 0 Å². The first-order valence-electron chi connectivity index (χ1n) is 5.94. The second kappa shape index (κ2) is 3.84. The van der Waals surface area contributed by atoms with E-state index in [0.717, 1.165) is 23.0 Å². The highest BCUT2D eigenvalue weighted by Gasteiger charge is 2.23. The van der Waals surface area contributed by atoms with Crippen molar-refractivity contribution >= 4 is 5.82 Å². The van der Waals surface area contributed by atoms with Crippen LogP contribution in [0.15, 0.2) is 30.3 Å². The molecule has 3 rings (SSSR count). The van der Waals surface area contributed by atoms with E-state index in [1.807, 2.05) is 13.0 Å². The monoisotopic (exact) mass is 225 g/mol. The van der Waals surface area contributed by atoms with Crippen LogP contribution in [0.1, 0.15) is 30.0 Å². The zero-order valence-corrected chi connectivity index (χ0v) is 9.85. The highest BCUT2D eigenvalue weighted by Crippen LogP contribution is 2.40. The number of nitrogen functional groups attached to an aromatic ring is 1. The van der Waals surface area contributed by atoms with Crippen molar-refractivity contribution in [3.8, 4) is 11.4 Å². The van der Waals surface area contributed by atoms with Crippen LogP contribution in [-0.4, -0.2) is 9.97 Å². The van der Waals surface area contributed by atoms with E-state index in [-0.39, 0.29) is 0 Å². The Morgan fingerprint density at radius 2 is 2.00 bits per heavy atom. The van der Waals surface area contributed by atoms with Crippen LogP contribution in [0, 0.1) is 6.92 Å². The Hall–Kier alpha value is -1.90. The number of hydrogen-bond donors (Lipinski definition) is 1. The van der Waals surface area contributed by atoms with Crippen molar-refractivity contribution < 1.29 is 0 Å². The molecular formula is C14H15N3. The number of benzene rings is 1. The Labute approximate surface area is 101 Å². The van der Waals surface area contributed by atoms with E-state index in [1.54, 1.807) is 6.07 Å². The first-order valence-corrected chi connectivity index (χ1v) is 5.94. The Morgan fingerprint density at radius 3 is 2.71 bits per heavy atom. The van der Waals surface area contributed by atoms with E-state index in [1.165, 1.54) is 18.4 Å². The number of aryl methyl sites for hydroxylation is 1. The van der Waals surface area contributed by atoms with E-state index in [0.29, 0.717) is 5.82 Å². The molecule has 0 saturated heterocycles. The fourth-order valence-corrected chi connectivity index (χ4v) is 2.07. The number of anilines is 1.